The number of ether oxygens (including phenoxy) is 1. The van der Waals surface area contributed by atoms with Crippen molar-refractivity contribution in [1.82, 2.24) is 0 Å². The van der Waals surface area contributed by atoms with E-state index < -0.39 is 18.0 Å². The fourth-order valence-corrected chi connectivity index (χ4v) is 1.52. The predicted molar refractivity (Wildman–Crippen MR) is 64.5 cm³/mol. The smallest absolute Gasteiger partial charge is 0.456 e. The molecule has 1 N–H and O–H groups in total. The van der Waals surface area contributed by atoms with Crippen molar-refractivity contribution in [2.75, 3.05) is 5.32 Å². The summed E-state index contributed by atoms with van der Waals surface area (Å²) in [6, 6.07) is 8.26. The number of anilines is 1. The maximum absolute atomic E-state index is 12.2. The van der Waals surface area contributed by atoms with Crippen LogP contribution in [-0.4, -0.2) is 12.3 Å². The molecule has 1 aromatic heterocycles. The van der Waals surface area contributed by atoms with Crippen LogP contribution in [0.3, 0.4) is 0 Å². The van der Waals surface area contributed by atoms with Crippen LogP contribution >= 0.6 is 0 Å². The Bertz CT molecular complexity index is 619. The molecule has 0 fully saturated rings. The topological polar surface area (TPSA) is 51.5 Å². The van der Waals surface area contributed by atoms with Crippen LogP contribution in [0.25, 0.3) is 0 Å². The van der Waals surface area contributed by atoms with Gasteiger partial charge in [0.25, 0.3) is 5.91 Å². The lowest BCUT2D eigenvalue weighted by molar-refractivity contribution is -0.274. The van der Waals surface area contributed by atoms with Gasteiger partial charge in [-0.15, -0.1) is 13.2 Å². The van der Waals surface area contributed by atoms with Crippen molar-refractivity contribution in [2.24, 2.45) is 0 Å². The molecule has 2 aromatic rings. The molecule has 0 saturated heterocycles. The number of hydrogen-bond donors (Lipinski definition) is 1. The third kappa shape index (κ3) is 3.53. The Kier molecular flexibility index (Phi) is 3.69. The summed E-state index contributed by atoms with van der Waals surface area (Å²) in [6.45, 7) is 1.65. The molecule has 0 aliphatic carbocycles. The van der Waals surface area contributed by atoms with Crippen molar-refractivity contribution >= 4 is 11.6 Å². The zero-order valence-corrected chi connectivity index (χ0v) is 10.3. The average molecular weight is 285 g/mol. The molecule has 0 atom stereocenters. The number of carbonyl (C=O) groups is 1. The largest absolute Gasteiger partial charge is 0.573 e. The van der Waals surface area contributed by atoms with E-state index in [1.165, 1.54) is 24.3 Å². The summed E-state index contributed by atoms with van der Waals surface area (Å²) in [7, 11) is 0. The van der Waals surface area contributed by atoms with Crippen LogP contribution in [0.5, 0.6) is 5.75 Å². The first kappa shape index (κ1) is 14.0. The van der Waals surface area contributed by atoms with Crippen molar-refractivity contribution in [1.29, 1.82) is 0 Å². The standard InChI is InChI=1S/C13H10F3NO3/c1-8-6-7-11(19-8)12(18)17-9-4-2-3-5-10(9)20-13(14,15)16/h2-7H,1H3,(H,17,18). The van der Waals surface area contributed by atoms with E-state index in [1.54, 1.807) is 13.0 Å². The van der Waals surface area contributed by atoms with Gasteiger partial charge in [-0.3, -0.25) is 4.79 Å². The number of carbonyl (C=O) groups excluding carboxylic acids is 1. The van der Waals surface area contributed by atoms with Gasteiger partial charge in [0.05, 0.1) is 5.69 Å². The molecule has 0 saturated carbocycles. The summed E-state index contributed by atoms with van der Waals surface area (Å²) in [6.07, 6.45) is -4.83. The van der Waals surface area contributed by atoms with Crippen LogP contribution in [0.15, 0.2) is 40.8 Å². The highest BCUT2D eigenvalue weighted by Crippen LogP contribution is 2.30. The van der Waals surface area contributed by atoms with Crippen LogP contribution in [0, 0.1) is 6.92 Å². The van der Waals surface area contributed by atoms with Crippen LogP contribution in [-0.2, 0) is 0 Å². The third-order valence-electron chi connectivity index (χ3n) is 2.33. The highest BCUT2D eigenvalue weighted by molar-refractivity contribution is 6.03. The van der Waals surface area contributed by atoms with Gasteiger partial charge in [0, 0.05) is 0 Å². The van der Waals surface area contributed by atoms with Gasteiger partial charge in [0.15, 0.2) is 11.5 Å². The lowest BCUT2D eigenvalue weighted by Gasteiger charge is -2.13. The minimum Gasteiger partial charge on any atom is -0.456 e. The van der Waals surface area contributed by atoms with E-state index in [1.807, 2.05) is 0 Å². The fourth-order valence-electron chi connectivity index (χ4n) is 1.52. The minimum absolute atomic E-state index is 0.00399. The van der Waals surface area contributed by atoms with E-state index in [-0.39, 0.29) is 11.4 Å². The third-order valence-corrected chi connectivity index (χ3v) is 2.33. The van der Waals surface area contributed by atoms with Gasteiger partial charge < -0.3 is 14.5 Å². The van der Waals surface area contributed by atoms with Crippen molar-refractivity contribution in [3.63, 3.8) is 0 Å². The molecule has 2 rings (SSSR count). The summed E-state index contributed by atoms with van der Waals surface area (Å²) in [4.78, 5) is 11.8. The molecule has 1 heterocycles. The number of nitrogens with one attached hydrogen (secondary N) is 1. The van der Waals surface area contributed by atoms with Crippen molar-refractivity contribution in [2.45, 2.75) is 13.3 Å². The summed E-state index contributed by atoms with van der Waals surface area (Å²) in [5, 5.41) is 2.31. The monoisotopic (exact) mass is 285 g/mol. The van der Waals surface area contributed by atoms with E-state index in [9.17, 15) is 18.0 Å². The Hall–Kier alpha value is -2.44. The zero-order valence-electron chi connectivity index (χ0n) is 10.3. The van der Waals surface area contributed by atoms with Gasteiger partial charge in [0.2, 0.25) is 0 Å². The van der Waals surface area contributed by atoms with E-state index >= 15 is 0 Å². The normalized spacial score (nSPS) is 11.2. The minimum atomic E-state index is -4.83. The molecular formula is C13H10F3NO3. The van der Waals surface area contributed by atoms with Crippen LogP contribution in [0.1, 0.15) is 16.3 Å². The zero-order chi connectivity index (χ0) is 14.8. The molecule has 7 heteroatoms. The van der Waals surface area contributed by atoms with Gasteiger partial charge in [-0.05, 0) is 31.2 Å². The Balaban J connectivity index is 2.19. The molecule has 4 nitrogen and oxygen atoms in total. The van der Waals surface area contributed by atoms with Gasteiger partial charge in [-0.1, -0.05) is 12.1 Å². The highest BCUT2D eigenvalue weighted by atomic mass is 19.4. The van der Waals surface area contributed by atoms with Gasteiger partial charge in [-0.25, -0.2) is 0 Å². The quantitative estimate of drug-likeness (QED) is 0.934. The number of aryl methyl sites for hydroxylation is 1. The molecule has 1 amide bonds. The number of hydrogen-bond acceptors (Lipinski definition) is 3. The Morgan fingerprint density at radius 2 is 1.90 bits per heavy atom. The van der Waals surface area contributed by atoms with Crippen molar-refractivity contribution < 1.29 is 27.1 Å². The Morgan fingerprint density at radius 1 is 1.20 bits per heavy atom. The van der Waals surface area contributed by atoms with Gasteiger partial charge in [0.1, 0.15) is 5.76 Å². The first-order valence-corrected chi connectivity index (χ1v) is 5.58. The number of para-hydroxylation sites is 2. The Morgan fingerprint density at radius 3 is 2.50 bits per heavy atom. The summed E-state index contributed by atoms with van der Waals surface area (Å²) < 4.78 is 45.6. The first-order chi connectivity index (χ1) is 9.35. The number of rotatable bonds is 3. The predicted octanol–water partition coefficient (Wildman–Crippen LogP) is 3.74. The van der Waals surface area contributed by atoms with Crippen LogP contribution in [0.2, 0.25) is 0 Å². The summed E-state index contributed by atoms with van der Waals surface area (Å²) in [5.41, 5.74) is -0.0936. The SMILES string of the molecule is Cc1ccc(C(=O)Nc2ccccc2OC(F)(F)F)o1. The number of alkyl halides is 3. The van der Waals surface area contributed by atoms with Crippen molar-refractivity contribution in [3.8, 4) is 5.75 Å². The maximum Gasteiger partial charge on any atom is 0.573 e. The molecule has 0 bridgehead atoms. The Labute approximate surface area is 112 Å². The van der Waals surface area contributed by atoms with Crippen LogP contribution in [0.4, 0.5) is 18.9 Å². The number of furan rings is 1. The number of halogens is 3. The maximum atomic E-state index is 12.2. The molecule has 1 aromatic carbocycles. The van der Waals surface area contributed by atoms with E-state index in [0.717, 1.165) is 6.07 Å². The summed E-state index contributed by atoms with van der Waals surface area (Å²) in [5.74, 6) is -0.618. The second kappa shape index (κ2) is 5.28. The van der Waals surface area contributed by atoms with E-state index in [2.05, 4.69) is 10.1 Å². The highest BCUT2D eigenvalue weighted by Gasteiger charge is 2.32. The molecule has 0 aliphatic rings. The molecule has 0 radical (unpaired) electrons. The van der Waals surface area contributed by atoms with Gasteiger partial charge in [-0.2, -0.15) is 0 Å². The number of amides is 1. The summed E-state index contributed by atoms with van der Waals surface area (Å²) >= 11 is 0. The molecule has 0 unspecified atom stereocenters. The van der Waals surface area contributed by atoms with Crippen LogP contribution < -0.4 is 10.1 Å². The molecule has 0 spiro atoms. The average Bonchev–Trinajstić information content (AvgIpc) is 2.77. The second-order valence-electron chi connectivity index (χ2n) is 3.91. The fraction of sp³-hybridized carbons (Fsp3) is 0.154. The van der Waals surface area contributed by atoms with Crippen molar-refractivity contribution in [3.05, 3.63) is 47.9 Å². The first-order valence-electron chi connectivity index (χ1n) is 5.58. The molecular weight excluding hydrogens is 275 g/mol. The second-order valence-corrected chi connectivity index (χ2v) is 3.91. The van der Waals surface area contributed by atoms with E-state index in [0.29, 0.717) is 5.76 Å². The van der Waals surface area contributed by atoms with E-state index in [4.69, 9.17) is 4.42 Å². The molecule has 0 aliphatic heterocycles. The lowest BCUT2D eigenvalue weighted by Crippen LogP contribution is -2.19. The number of benzene rings is 1. The molecule has 106 valence electrons. The molecule has 20 heavy (non-hydrogen) atoms. The van der Waals surface area contributed by atoms with Gasteiger partial charge >= 0.3 is 6.36 Å². The lowest BCUT2D eigenvalue weighted by atomic mass is 10.3.